The molecule has 0 N–H and O–H groups in total. The third kappa shape index (κ3) is 0.881. The zero-order valence-corrected chi connectivity index (χ0v) is 3.85. The molecule has 0 atom stereocenters. The van der Waals surface area contributed by atoms with E-state index in [9.17, 15) is 10.4 Å². The van der Waals surface area contributed by atoms with Crippen LogP contribution in [0.15, 0.2) is 12.3 Å². The van der Waals surface area contributed by atoms with Gasteiger partial charge in [-0.1, -0.05) is 0 Å². The number of nitrogens with zero attached hydrogens (tertiary/aromatic N) is 2. The molecular weight excluding hydrogens is 112 g/mol. The number of hydrogen-bond donors (Lipinski definition) is 0. The van der Waals surface area contributed by atoms with Crippen LogP contribution in [0.4, 0.5) is 0 Å². The van der Waals surface area contributed by atoms with Crippen molar-refractivity contribution < 1.29 is 9.84 Å². The minimum absolute atomic E-state index is 0.0625. The van der Waals surface area contributed by atoms with Crippen molar-refractivity contribution >= 4 is 6.21 Å². The Bertz CT molecular complexity index is 141. The van der Waals surface area contributed by atoms with E-state index >= 15 is 0 Å². The average molecular weight is 115 g/mol. The second-order valence-electron chi connectivity index (χ2n) is 1.14. The predicted octanol–water partition coefficient (Wildman–Crippen LogP) is -0.259. The maximum absolute atomic E-state index is 10.0. The monoisotopic (exact) mass is 115 g/mol. The van der Waals surface area contributed by atoms with E-state index in [2.05, 4.69) is 4.94 Å². The van der Waals surface area contributed by atoms with Gasteiger partial charge in [-0.3, -0.25) is 5.21 Å². The Morgan fingerprint density at radius 2 is 2.38 bits per heavy atom. The van der Waals surface area contributed by atoms with E-state index in [0.29, 0.717) is 0 Å². The highest BCUT2D eigenvalue weighted by Gasteiger charge is 1.92. The molecule has 0 bridgehead atoms. The van der Waals surface area contributed by atoms with E-state index in [4.69, 9.17) is 0 Å². The molecule has 0 radical (unpaired) electrons. The lowest BCUT2D eigenvalue weighted by molar-refractivity contribution is -0.785. The average Bonchev–Trinajstić information content (AvgIpc) is 1.64. The first-order valence-electron chi connectivity index (χ1n) is 1.91. The second-order valence-corrected chi connectivity index (χ2v) is 1.14. The van der Waals surface area contributed by atoms with Gasteiger partial charge in [-0.25, -0.2) is 0 Å². The summed E-state index contributed by atoms with van der Waals surface area (Å²) in [6, 6.07) is 0. The Labute approximate surface area is 45.2 Å². The van der Waals surface area contributed by atoms with E-state index in [-0.39, 0.29) is 10.1 Å². The van der Waals surface area contributed by atoms with Gasteiger partial charge >= 0.3 is 0 Å². The molecule has 8 heavy (non-hydrogen) atoms. The first kappa shape index (κ1) is 4.92. The lowest BCUT2D eigenvalue weighted by Crippen LogP contribution is -2.20. The van der Waals surface area contributed by atoms with Crippen LogP contribution >= 0.6 is 0 Å². The fourth-order valence-corrected chi connectivity index (χ4v) is 0.313. The van der Waals surface area contributed by atoms with E-state index in [1.807, 2.05) is 0 Å². The second kappa shape index (κ2) is 1.71. The zero-order valence-electron chi connectivity index (χ0n) is 3.85. The van der Waals surface area contributed by atoms with Gasteiger partial charge in [0.05, 0.1) is 4.90 Å². The molecule has 5 nitrogen and oxygen atoms in total. The lowest BCUT2D eigenvalue weighted by Gasteiger charge is -2.27. The molecule has 0 unspecified atom stereocenters. The first-order chi connectivity index (χ1) is 3.79. The highest BCUT2D eigenvalue weighted by atomic mass is 17.0. The first-order valence-corrected chi connectivity index (χ1v) is 1.91. The van der Waals surface area contributed by atoms with Crippen LogP contribution in [0.2, 0.25) is 0 Å². The van der Waals surface area contributed by atoms with Gasteiger partial charge in [0.1, 0.15) is 0 Å². The maximum atomic E-state index is 10.0. The van der Waals surface area contributed by atoms with Gasteiger partial charge in [0.15, 0.2) is 0 Å². The summed E-state index contributed by atoms with van der Waals surface area (Å²) in [5.74, 6) is 0. The summed E-state index contributed by atoms with van der Waals surface area (Å²) in [4.78, 5) is 3.96. The third-order valence-corrected chi connectivity index (χ3v) is 0.577. The van der Waals surface area contributed by atoms with E-state index in [0.717, 1.165) is 12.4 Å². The molecule has 0 amide bonds. The van der Waals surface area contributed by atoms with Crippen molar-refractivity contribution in [1.29, 1.82) is 0 Å². The topological polar surface area (TPSA) is 61.6 Å². The van der Waals surface area contributed by atoms with Gasteiger partial charge in [-0.15, -0.1) is 0 Å². The number of rotatable bonds is 0. The van der Waals surface area contributed by atoms with E-state index < -0.39 is 0 Å². The molecule has 0 saturated heterocycles. The van der Waals surface area contributed by atoms with Crippen LogP contribution in [0, 0.1) is 10.4 Å². The van der Waals surface area contributed by atoms with Crippen molar-refractivity contribution in [2.45, 2.75) is 0 Å². The SMILES string of the molecule is [O-]N1C=CC=[N+]([O-])O1. The minimum atomic E-state index is 0.0625. The lowest BCUT2D eigenvalue weighted by atomic mass is 10.7. The summed E-state index contributed by atoms with van der Waals surface area (Å²) in [5, 5.41) is 20.1. The molecule has 0 aliphatic carbocycles. The largest absolute Gasteiger partial charge is 0.741 e. The van der Waals surface area contributed by atoms with Crippen LogP contribution < -0.4 is 0 Å². The molecule has 1 aliphatic rings. The van der Waals surface area contributed by atoms with Gasteiger partial charge in [0, 0.05) is 12.3 Å². The van der Waals surface area contributed by atoms with Gasteiger partial charge in [0.25, 0.3) is 0 Å². The summed E-state index contributed by atoms with van der Waals surface area (Å²) in [6.07, 6.45) is 3.44. The molecule has 1 rings (SSSR count). The van der Waals surface area contributed by atoms with Gasteiger partial charge in [-0.05, 0) is 0 Å². The number of hydroxylamine groups is 2. The summed E-state index contributed by atoms with van der Waals surface area (Å²) in [5.41, 5.74) is 0. The molecule has 0 aromatic rings. The quantitative estimate of drug-likeness (QED) is 0.408. The van der Waals surface area contributed by atoms with Gasteiger partial charge in [0.2, 0.25) is 6.21 Å². The third-order valence-electron chi connectivity index (χ3n) is 0.577. The molecule has 0 aromatic heterocycles. The molecule has 44 valence electrons. The minimum Gasteiger partial charge on any atom is -0.741 e. The predicted molar refractivity (Wildman–Crippen MR) is 25.1 cm³/mol. The Kier molecular flexibility index (Phi) is 1.05. The molecule has 0 aromatic carbocycles. The normalized spacial score (nSPS) is 17.6. The Hall–Kier alpha value is -1.23. The fourth-order valence-electron chi connectivity index (χ4n) is 0.313. The van der Waals surface area contributed by atoms with Crippen molar-refractivity contribution in [3.63, 3.8) is 0 Å². The van der Waals surface area contributed by atoms with Crippen LogP contribution in [0.3, 0.4) is 0 Å². The van der Waals surface area contributed by atoms with Crippen molar-refractivity contribution in [3.8, 4) is 0 Å². The highest BCUT2D eigenvalue weighted by molar-refractivity contribution is 5.65. The maximum Gasteiger partial charge on any atom is 0.236 e. The van der Waals surface area contributed by atoms with Crippen LogP contribution in [0.25, 0.3) is 0 Å². The van der Waals surface area contributed by atoms with E-state index in [1.54, 1.807) is 0 Å². The van der Waals surface area contributed by atoms with Crippen molar-refractivity contribution in [1.82, 2.24) is 5.23 Å². The smallest absolute Gasteiger partial charge is 0.236 e. The van der Waals surface area contributed by atoms with Crippen LogP contribution in [0.1, 0.15) is 0 Å². The van der Waals surface area contributed by atoms with Gasteiger partial charge < -0.3 is 15.4 Å². The Morgan fingerprint density at radius 1 is 1.62 bits per heavy atom. The molecule has 5 heteroatoms. The fraction of sp³-hybridized carbons (Fsp3) is 0. The molecule has 0 saturated carbocycles. The molecule has 1 aliphatic heterocycles. The summed E-state index contributed by atoms with van der Waals surface area (Å²) >= 11 is 0. The Morgan fingerprint density at radius 3 is 2.75 bits per heavy atom. The van der Waals surface area contributed by atoms with Crippen molar-refractivity contribution in [2.24, 2.45) is 0 Å². The molecular formula is C3H3N2O3-. The van der Waals surface area contributed by atoms with Gasteiger partial charge in [-0.2, -0.15) is 0 Å². The number of hydrogen-bond acceptors (Lipinski definition) is 4. The van der Waals surface area contributed by atoms with Crippen LogP contribution in [0.5, 0.6) is 0 Å². The molecule has 0 spiro atoms. The summed E-state index contributed by atoms with van der Waals surface area (Å²) in [6.45, 7) is 0. The zero-order chi connectivity index (χ0) is 5.98. The molecule has 0 fully saturated rings. The van der Waals surface area contributed by atoms with Crippen molar-refractivity contribution in [2.75, 3.05) is 0 Å². The summed E-state index contributed by atoms with van der Waals surface area (Å²) < 4.78 is 0. The standard InChI is InChI=1S/C3H3N2O3/c6-4-2-1-3-5(7)8-4/h1-3H/q-1. The molecule has 1 heterocycles. The van der Waals surface area contributed by atoms with Crippen LogP contribution in [-0.2, 0) is 4.94 Å². The number of allylic oxidation sites excluding steroid dienone is 1. The summed E-state index contributed by atoms with van der Waals surface area (Å²) in [7, 11) is 0. The highest BCUT2D eigenvalue weighted by Crippen LogP contribution is 1.91. The van der Waals surface area contributed by atoms with Crippen molar-refractivity contribution in [3.05, 3.63) is 22.7 Å². The van der Waals surface area contributed by atoms with Crippen LogP contribution in [-0.4, -0.2) is 16.3 Å². The Balaban J connectivity index is 2.59. The van der Waals surface area contributed by atoms with E-state index in [1.165, 1.54) is 6.08 Å².